The molecule has 0 aromatic heterocycles. The van der Waals surface area contributed by atoms with Gasteiger partial charge in [0.2, 0.25) is 0 Å². The van der Waals surface area contributed by atoms with Gasteiger partial charge < -0.3 is 15.0 Å². The van der Waals surface area contributed by atoms with E-state index in [9.17, 15) is 13.6 Å². The van der Waals surface area contributed by atoms with E-state index in [-0.39, 0.29) is 12.1 Å². The standard InChI is InChI=1S/C14H22F2N2O2/c15-13(16)8-20-11-6-18(7-11)14(19)17-5-10-4-12(10)9-2-1-3-9/h9-13H,1-8H2,(H,17,19)/t10-,12-/m0/s1. The van der Waals surface area contributed by atoms with Crippen LogP contribution in [0, 0.1) is 17.8 Å². The molecule has 1 aliphatic heterocycles. The number of nitrogens with one attached hydrogen (secondary N) is 1. The van der Waals surface area contributed by atoms with Gasteiger partial charge >= 0.3 is 6.03 Å². The Kier molecular flexibility index (Phi) is 4.10. The molecule has 2 atom stereocenters. The van der Waals surface area contributed by atoms with Gasteiger partial charge in [-0.05, 0) is 24.2 Å². The van der Waals surface area contributed by atoms with Gasteiger partial charge in [-0.15, -0.1) is 0 Å². The number of nitrogens with zero attached hydrogens (tertiary/aromatic N) is 1. The Morgan fingerprint density at radius 3 is 2.70 bits per heavy atom. The van der Waals surface area contributed by atoms with Crippen LogP contribution in [0.25, 0.3) is 0 Å². The van der Waals surface area contributed by atoms with Gasteiger partial charge in [-0.1, -0.05) is 19.3 Å². The van der Waals surface area contributed by atoms with Crippen molar-refractivity contribution in [3.05, 3.63) is 0 Å². The van der Waals surface area contributed by atoms with Gasteiger partial charge in [-0.2, -0.15) is 0 Å². The molecular weight excluding hydrogens is 266 g/mol. The van der Waals surface area contributed by atoms with Crippen LogP contribution in [0.15, 0.2) is 0 Å². The fourth-order valence-corrected chi connectivity index (χ4v) is 3.20. The quantitative estimate of drug-likeness (QED) is 0.813. The molecule has 1 saturated heterocycles. The Balaban J connectivity index is 1.26. The first kappa shape index (κ1) is 14.0. The third kappa shape index (κ3) is 3.22. The molecule has 2 amide bonds. The lowest BCUT2D eigenvalue weighted by atomic mass is 9.81. The zero-order valence-corrected chi connectivity index (χ0v) is 11.6. The van der Waals surface area contributed by atoms with Gasteiger partial charge in [0, 0.05) is 6.54 Å². The van der Waals surface area contributed by atoms with E-state index >= 15 is 0 Å². The summed E-state index contributed by atoms with van der Waals surface area (Å²) in [6.07, 6.45) is 2.70. The molecule has 3 rings (SSSR count). The number of carbonyl (C=O) groups is 1. The summed E-state index contributed by atoms with van der Waals surface area (Å²) in [6.45, 7) is 1.08. The summed E-state index contributed by atoms with van der Waals surface area (Å²) in [7, 11) is 0. The highest BCUT2D eigenvalue weighted by atomic mass is 19.3. The summed E-state index contributed by atoms with van der Waals surface area (Å²) in [4.78, 5) is 13.4. The zero-order valence-electron chi connectivity index (χ0n) is 11.6. The average molecular weight is 288 g/mol. The summed E-state index contributed by atoms with van der Waals surface area (Å²) >= 11 is 0. The van der Waals surface area contributed by atoms with Crippen LogP contribution < -0.4 is 5.32 Å². The summed E-state index contributed by atoms with van der Waals surface area (Å²) in [5, 5.41) is 2.95. The SMILES string of the molecule is O=C(NC[C@@H]1C[C@H]1C1CCC1)N1CC(OCC(F)F)C1. The molecule has 0 aromatic rings. The molecule has 0 spiro atoms. The third-order valence-corrected chi connectivity index (χ3v) is 4.84. The molecule has 0 radical (unpaired) electrons. The van der Waals surface area contributed by atoms with Crippen molar-refractivity contribution in [2.75, 3.05) is 26.2 Å². The van der Waals surface area contributed by atoms with Gasteiger partial charge in [0.05, 0.1) is 19.2 Å². The van der Waals surface area contributed by atoms with Crippen LogP contribution in [0.5, 0.6) is 0 Å². The van der Waals surface area contributed by atoms with Crippen molar-refractivity contribution in [3.8, 4) is 0 Å². The maximum Gasteiger partial charge on any atom is 0.317 e. The molecule has 114 valence electrons. The Hall–Kier alpha value is -0.910. The van der Waals surface area contributed by atoms with Crippen molar-refractivity contribution in [1.29, 1.82) is 0 Å². The third-order valence-electron chi connectivity index (χ3n) is 4.84. The second-order valence-corrected chi connectivity index (χ2v) is 6.29. The Labute approximate surface area is 117 Å². The highest BCUT2D eigenvalue weighted by Crippen LogP contribution is 2.51. The smallest absolute Gasteiger partial charge is 0.317 e. The zero-order chi connectivity index (χ0) is 14.1. The van der Waals surface area contributed by atoms with Crippen LogP contribution in [0.3, 0.4) is 0 Å². The number of halogens is 2. The first-order valence-corrected chi connectivity index (χ1v) is 7.56. The minimum atomic E-state index is -2.43. The van der Waals surface area contributed by atoms with Crippen LogP contribution in [0.4, 0.5) is 13.6 Å². The summed E-state index contributed by atoms with van der Waals surface area (Å²) in [6, 6.07) is -0.0823. The number of alkyl halides is 2. The summed E-state index contributed by atoms with van der Waals surface area (Å²) in [5.41, 5.74) is 0. The van der Waals surface area contributed by atoms with E-state index in [2.05, 4.69) is 5.32 Å². The van der Waals surface area contributed by atoms with Gasteiger partial charge in [0.25, 0.3) is 6.43 Å². The molecular formula is C14H22F2N2O2. The summed E-state index contributed by atoms with van der Waals surface area (Å²) < 4.78 is 28.8. The molecule has 0 aromatic carbocycles. The van der Waals surface area contributed by atoms with Crippen molar-refractivity contribution in [3.63, 3.8) is 0 Å². The lowest BCUT2D eigenvalue weighted by Gasteiger charge is -2.38. The highest BCUT2D eigenvalue weighted by molar-refractivity contribution is 5.75. The molecule has 3 fully saturated rings. The predicted octanol–water partition coefficient (Wildman–Crippen LogP) is 2.10. The lowest BCUT2D eigenvalue weighted by molar-refractivity contribution is -0.0745. The van der Waals surface area contributed by atoms with Gasteiger partial charge in [0.15, 0.2) is 0 Å². The van der Waals surface area contributed by atoms with Crippen molar-refractivity contribution < 1.29 is 18.3 Å². The Bertz CT molecular complexity index is 357. The van der Waals surface area contributed by atoms with E-state index < -0.39 is 13.0 Å². The normalized spacial score (nSPS) is 30.1. The van der Waals surface area contributed by atoms with E-state index in [1.165, 1.54) is 25.7 Å². The van der Waals surface area contributed by atoms with Crippen LogP contribution >= 0.6 is 0 Å². The number of likely N-dealkylation sites (tertiary alicyclic amines) is 1. The van der Waals surface area contributed by atoms with E-state index in [0.717, 1.165) is 18.4 Å². The molecule has 0 unspecified atom stereocenters. The average Bonchev–Trinajstić information content (AvgIpc) is 3.00. The second kappa shape index (κ2) is 5.84. The number of carbonyl (C=O) groups excluding carboxylic acids is 1. The highest BCUT2D eigenvalue weighted by Gasteiger charge is 2.44. The molecule has 20 heavy (non-hydrogen) atoms. The fraction of sp³-hybridized carbons (Fsp3) is 0.929. The Morgan fingerprint density at radius 2 is 2.10 bits per heavy atom. The maximum atomic E-state index is 11.9. The maximum absolute atomic E-state index is 11.9. The van der Waals surface area contributed by atoms with E-state index in [0.29, 0.717) is 19.0 Å². The molecule has 2 aliphatic carbocycles. The minimum absolute atomic E-state index is 0.0823. The van der Waals surface area contributed by atoms with Gasteiger partial charge in [0.1, 0.15) is 6.61 Å². The summed E-state index contributed by atoms with van der Waals surface area (Å²) in [5.74, 6) is 2.41. The molecule has 3 aliphatic rings. The monoisotopic (exact) mass is 288 g/mol. The van der Waals surface area contributed by atoms with Gasteiger partial charge in [-0.25, -0.2) is 13.6 Å². The van der Waals surface area contributed by atoms with Gasteiger partial charge in [-0.3, -0.25) is 0 Å². The number of hydrogen-bond donors (Lipinski definition) is 1. The van der Waals surface area contributed by atoms with Crippen LogP contribution in [0.1, 0.15) is 25.7 Å². The minimum Gasteiger partial charge on any atom is -0.369 e. The molecule has 2 saturated carbocycles. The number of rotatable bonds is 6. The van der Waals surface area contributed by atoms with E-state index in [4.69, 9.17) is 4.74 Å². The largest absolute Gasteiger partial charge is 0.369 e. The van der Waals surface area contributed by atoms with Crippen LogP contribution in [-0.4, -0.2) is 49.7 Å². The van der Waals surface area contributed by atoms with Crippen molar-refractivity contribution in [1.82, 2.24) is 10.2 Å². The van der Waals surface area contributed by atoms with E-state index in [1.54, 1.807) is 4.90 Å². The second-order valence-electron chi connectivity index (χ2n) is 6.29. The predicted molar refractivity (Wildman–Crippen MR) is 69.7 cm³/mol. The molecule has 6 heteroatoms. The van der Waals surface area contributed by atoms with Crippen molar-refractivity contribution in [2.24, 2.45) is 17.8 Å². The van der Waals surface area contributed by atoms with E-state index in [1.807, 2.05) is 0 Å². The molecule has 4 nitrogen and oxygen atoms in total. The van der Waals surface area contributed by atoms with Crippen molar-refractivity contribution in [2.45, 2.75) is 38.2 Å². The number of amides is 2. The number of ether oxygens (including phenoxy) is 1. The number of hydrogen-bond acceptors (Lipinski definition) is 2. The topological polar surface area (TPSA) is 41.6 Å². The van der Waals surface area contributed by atoms with Crippen molar-refractivity contribution >= 4 is 6.03 Å². The first-order chi connectivity index (χ1) is 9.63. The molecule has 1 N–H and O–H groups in total. The van der Waals surface area contributed by atoms with Crippen LogP contribution in [0.2, 0.25) is 0 Å². The molecule has 1 heterocycles. The first-order valence-electron chi connectivity index (χ1n) is 7.56. The Morgan fingerprint density at radius 1 is 1.35 bits per heavy atom. The lowest BCUT2D eigenvalue weighted by Crippen LogP contribution is -2.58. The van der Waals surface area contributed by atoms with Crippen LogP contribution in [-0.2, 0) is 4.74 Å². The molecule has 0 bridgehead atoms. The fourth-order valence-electron chi connectivity index (χ4n) is 3.20. The number of urea groups is 1.